The highest BCUT2D eigenvalue weighted by atomic mass is 16.6. The largest absolute Gasteiger partial charge is 0.511 e. The van der Waals surface area contributed by atoms with Gasteiger partial charge in [0.2, 0.25) is 5.91 Å². The topological polar surface area (TPSA) is 97.2 Å². The van der Waals surface area contributed by atoms with Crippen LogP contribution in [0.4, 0.5) is 5.69 Å². The average Bonchev–Trinajstić information content (AvgIpc) is 2.58. The first-order chi connectivity index (χ1) is 12.4. The molecule has 2 N–H and O–H groups in total. The third-order valence-electron chi connectivity index (χ3n) is 4.12. The number of methoxy groups -OCH3 is 1. The Morgan fingerprint density at radius 3 is 2.65 bits per heavy atom. The van der Waals surface area contributed by atoms with Crippen molar-refractivity contribution in [2.75, 3.05) is 19.0 Å². The lowest BCUT2D eigenvalue weighted by Gasteiger charge is -2.25. The summed E-state index contributed by atoms with van der Waals surface area (Å²) in [6, 6.07) is 5.25. The lowest BCUT2D eigenvalue weighted by Crippen LogP contribution is -2.23. The molecule has 1 atom stereocenters. The number of ether oxygens (including phenoxy) is 1. The van der Waals surface area contributed by atoms with Crippen LogP contribution in [0.15, 0.2) is 34.7 Å². The molecule has 2 rings (SSSR count). The zero-order chi connectivity index (χ0) is 19.3. The number of carbonyl (C=O) groups excluding carboxylic acids is 2. The van der Waals surface area contributed by atoms with E-state index in [9.17, 15) is 14.7 Å². The van der Waals surface area contributed by atoms with Gasteiger partial charge in [0.1, 0.15) is 18.1 Å². The summed E-state index contributed by atoms with van der Waals surface area (Å²) in [6.45, 7) is 5.24. The molecule has 1 amide bonds. The number of benzene rings is 1. The van der Waals surface area contributed by atoms with Crippen LogP contribution in [0.25, 0.3) is 0 Å². The SMILES string of the molecule is CCO/N=C(/C)C1=C(O)CC(c2cc(NC(C)=O)ccc2OC)CC1=O. The first-order valence-corrected chi connectivity index (χ1v) is 8.45. The van der Waals surface area contributed by atoms with Crippen molar-refractivity contribution in [3.8, 4) is 5.75 Å². The van der Waals surface area contributed by atoms with Gasteiger partial charge in [-0.05, 0) is 32.0 Å². The van der Waals surface area contributed by atoms with Gasteiger partial charge in [0.15, 0.2) is 5.78 Å². The number of rotatable bonds is 6. The summed E-state index contributed by atoms with van der Waals surface area (Å²) < 4.78 is 5.39. The van der Waals surface area contributed by atoms with Gasteiger partial charge in [-0.25, -0.2) is 0 Å². The zero-order valence-corrected chi connectivity index (χ0v) is 15.5. The van der Waals surface area contributed by atoms with Crippen LogP contribution in [0.5, 0.6) is 5.75 Å². The summed E-state index contributed by atoms with van der Waals surface area (Å²) >= 11 is 0. The Hall–Kier alpha value is -2.83. The molecule has 1 aromatic rings. The summed E-state index contributed by atoms with van der Waals surface area (Å²) in [5.74, 6) is -0.0536. The molecule has 0 saturated carbocycles. The molecule has 7 heteroatoms. The van der Waals surface area contributed by atoms with Crippen LogP contribution in [-0.4, -0.2) is 36.2 Å². The molecule has 140 valence electrons. The fourth-order valence-electron chi connectivity index (χ4n) is 3.07. The van der Waals surface area contributed by atoms with Gasteiger partial charge in [-0.3, -0.25) is 9.59 Å². The van der Waals surface area contributed by atoms with Crippen LogP contribution in [0.1, 0.15) is 45.1 Å². The Balaban J connectivity index is 2.36. The molecular formula is C19H24N2O5. The van der Waals surface area contributed by atoms with Gasteiger partial charge in [0.25, 0.3) is 0 Å². The Bertz CT molecular complexity index is 767. The van der Waals surface area contributed by atoms with Crippen LogP contribution in [0.3, 0.4) is 0 Å². The number of Topliss-reactive ketones (excluding diaryl/α,β-unsaturated/α-hetero) is 1. The van der Waals surface area contributed by atoms with Gasteiger partial charge in [0, 0.05) is 36.9 Å². The number of ketones is 1. The number of allylic oxidation sites excluding steroid dienone is 2. The van der Waals surface area contributed by atoms with E-state index in [-0.39, 0.29) is 41.8 Å². The number of anilines is 1. The predicted octanol–water partition coefficient (Wildman–Crippen LogP) is 3.32. The summed E-state index contributed by atoms with van der Waals surface area (Å²) in [5.41, 5.74) is 1.96. The van der Waals surface area contributed by atoms with E-state index in [1.165, 1.54) is 6.92 Å². The van der Waals surface area contributed by atoms with Gasteiger partial charge in [-0.1, -0.05) is 5.16 Å². The number of aliphatic hydroxyl groups is 1. The van der Waals surface area contributed by atoms with Crippen molar-refractivity contribution in [2.24, 2.45) is 5.16 Å². The first-order valence-electron chi connectivity index (χ1n) is 8.45. The van der Waals surface area contributed by atoms with E-state index in [1.54, 1.807) is 39.2 Å². The number of hydrogen-bond acceptors (Lipinski definition) is 6. The van der Waals surface area contributed by atoms with Crippen LogP contribution in [0.2, 0.25) is 0 Å². The quantitative estimate of drug-likeness (QED) is 0.599. The van der Waals surface area contributed by atoms with Crippen LogP contribution in [0, 0.1) is 0 Å². The van der Waals surface area contributed by atoms with E-state index in [2.05, 4.69) is 10.5 Å². The van der Waals surface area contributed by atoms with Crippen molar-refractivity contribution in [1.29, 1.82) is 0 Å². The second-order valence-electron chi connectivity index (χ2n) is 6.08. The molecule has 26 heavy (non-hydrogen) atoms. The Labute approximate surface area is 152 Å². The van der Waals surface area contributed by atoms with Crippen molar-refractivity contribution in [1.82, 2.24) is 0 Å². The van der Waals surface area contributed by atoms with Crippen molar-refractivity contribution < 1.29 is 24.3 Å². The molecule has 0 saturated heterocycles. The fourth-order valence-corrected chi connectivity index (χ4v) is 3.07. The molecular weight excluding hydrogens is 336 g/mol. The van der Waals surface area contributed by atoms with Gasteiger partial charge in [-0.2, -0.15) is 0 Å². The minimum atomic E-state index is -0.255. The number of nitrogens with zero attached hydrogens (tertiary/aromatic N) is 1. The maximum absolute atomic E-state index is 12.6. The Morgan fingerprint density at radius 2 is 2.08 bits per heavy atom. The van der Waals surface area contributed by atoms with Gasteiger partial charge < -0.3 is 20.0 Å². The fraction of sp³-hybridized carbons (Fsp3) is 0.421. The van der Waals surface area contributed by atoms with Crippen molar-refractivity contribution >= 4 is 23.1 Å². The van der Waals surface area contributed by atoms with Crippen LogP contribution in [-0.2, 0) is 14.4 Å². The minimum absolute atomic E-state index is 0.0146. The average molecular weight is 360 g/mol. The van der Waals surface area contributed by atoms with E-state index in [1.807, 2.05) is 0 Å². The standard InChI is InChI=1S/C19H24N2O5/c1-5-26-21-11(2)19-16(23)8-13(9-17(19)24)15-10-14(20-12(3)22)6-7-18(15)25-4/h6-7,10,13,23H,5,8-9H2,1-4H3,(H,20,22)/b21-11-. The van der Waals surface area contributed by atoms with Crippen molar-refractivity contribution in [2.45, 2.75) is 39.5 Å². The minimum Gasteiger partial charge on any atom is -0.511 e. The van der Waals surface area contributed by atoms with Crippen LogP contribution < -0.4 is 10.1 Å². The highest BCUT2D eigenvalue weighted by Crippen LogP contribution is 2.39. The molecule has 0 radical (unpaired) electrons. The van der Waals surface area contributed by atoms with Gasteiger partial charge in [0.05, 0.1) is 18.4 Å². The molecule has 1 aliphatic rings. The molecule has 1 aliphatic carbocycles. The predicted molar refractivity (Wildman–Crippen MR) is 98.7 cm³/mol. The normalized spacial score (nSPS) is 17.9. The monoisotopic (exact) mass is 360 g/mol. The summed E-state index contributed by atoms with van der Waals surface area (Å²) in [4.78, 5) is 28.9. The molecule has 7 nitrogen and oxygen atoms in total. The maximum atomic E-state index is 12.6. The summed E-state index contributed by atoms with van der Waals surface area (Å²) in [7, 11) is 1.54. The summed E-state index contributed by atoms with van der Waals surface area (Å²) in [5, 5.41) is 17.0. The van der Waals surface area contributed by atoms with E-state index >= 15 is 0 Å². The highest BCUT2D eigenvalue weighted by Gasteiger charge is 2.32. The molecule has 1 aromatic carbocycles. The van der Waals surface area contributed by atoms with Gasteiger partial charge in [-0.15, -0.1) is 0 Å². The van der Waals surface area contributed by atoms with E-state index in [0.717, 1.165) is 5.56 Å². The smallest absolute Gasteiger partial charge is 0.221 e. The van der Waals surface area contributed by atoms with Crippen molar-refractivity contribution in [3.63, 3.8) is 0 Å². The number of amides is 1. The number of aliphatic hydroxyl groups excluding tert-OH is 1. The zero-order valence-electron chi connectivity index (χ0n) is 15.5. The Kier molecular flexibility index (Phi) is 6.38. The maximum Gasteiger partial charge on any atom is 0.221 e. The number of hydrogen-bond donors (Lipinski definition) is 2. The van der Waals surface area contributed by atoms with E-state index in [4.69, 9.17) is 9.57 Å². The molecule has 0 fully saturated rings. The molecule has 1 unspecified atom stereocenters. The molecule has 0 heterocycles. The Morgan fingerprint density at radius 1 is 1.35 bits per heavy atom. The molecule has 0 aromatic heterocycles. The number of carbonyl (C=O) groups is 2. The lowest BCUT2D eigenvalue weighted by molar-refractivity contribution is -0.116. The molecule has 0 aliphatic heterocycles. The second-order valence-corrected chi connectivity index (χ2v) is 6.08. The first kappa shape index (κ1) is 19.5. The van der Waals surface area contributed by atoms with Gasteiger partial charge >= 0.3 is 0 Å². The highest BCUT2D eigenvalue weighted by molar-refractivity contribution is 6.22. The van der Waals surface area contributed by atoms with E-state index < -0.39 is 0 Å². The lowest BCUT2D eigenvalue weighted by atomic mass is 9.81. The second kappa shape index (κ2) is 8.51. The van der Waals surface area contributed by atoms with E-state index in [0.29, 0.717) is 23.8 Å². The van der Waals surface area contributed by atoms with Crippen LogP contribution >= 0.6 is 0 Å². The third-order valence-corrected chi connectivity index (χ3v) is 4.12. The number of oxime groups is 1. The summed E-state index contributed by atoms with van der Waals surface area (Å²) in [6.07, 6.45) is 0.484. The number of nitrogens with one attached hydrogen (secondary N) is 1. The molecule has 0 bridgehead atoms. The third kappa shape index (κ3) is 4.41. The molecule has 0 spiro atoms. The van der Waals surface area contributed by atoms with Crippen molar-refractivity contribution in [3.05, 3.63) is 35.1 Å².